The fourth-order valence-electron chi connectivity index (χ4n) is 3.51. The summed E-state index contributed by atoms with van der Waals surface area (Å²) in [6.45, 7) is 3.53. The molecule has 4 aromatic rings. The van der Waals surface area contributed by atoms with Gasteiger partial charge in [0.2, 0.25) is 0 Å². The van der Waals surface area contributed by atoms with Gasteiger partial charge in [0.1, 0.15) is 11.5 Å². The van der Waals surface area contributed by atoms with E-state index < -0.39 is 0 Å². The molecule has 0 fully saturated rings. The smallest absolute Gasteiger partial charge is 0.153 e. The summed E-state index contributed by atoms with van der Waals surface area (Å²) in [5.74, 6) is 2.52. The van der Waals surface area contributed by atoms with E-state index >= 15 is 0 Å². The second kappa shape index (κ2) is 9.68. The van der Waals surface area contributed by atoms with E-state index in [0.29, 0.717) is 11.6 Å². The Labute approximate surface area is 182 Å². The predicted molar refractivity (Wildman–Crippen MR) is 121 cm³/mol. The van der Waals surface area contributed by atoms with Gasteiger partial charge in [-0.05, 0) is 56.2 Å². The Bertz CT molecular complexity index is 1090. The maximum atomic E-state index is 6.15. The first-order valence-corrected chi connectivity index (χ1v) is 10.6. The Morgan fingerprint density at radius 2 is 1.63 bits per heavy atom. The zero-order valence-electron chi connectivity index (χ0n) is 17.0. The van der Waals surface area contributed by atoms with Crippen LogP contribution in [0.5, 0.6) is 11.5 Å². The molecule has 4 nitrogen and oxygen atoms in total. The lowest BCUT2D eigenvalue weighted by molar-refractivity contribution is 0.211. The van der Waals surface area contributed by atoms with Gasteiger partial charge in [-0.25, -0.2) is 4.98 Å². The van der Waals surface area contributed by atoms with E-state index in [1.54, 1.807) is 0 Å². The highest BCUT2D eigenvalue weighted by atomic mass is 35.5. The average molecular weight is 421 g/mol. The van der Waals surface area contributed by atoms with Crippen LogP contribution in [0.25, 0.3) is 11.0 Å². The van der Waals surface area contributed by atoms with Gasteiger partial charge in [-0.1, -0.05) is 54.1 Å². The quantitative estimate of drug-likeness (QED) is 0.283. The number of aryl methyl sites for hydroxylation is 1. The van der Waals surface area contributed by atoms with Crippen molar-refractivity contribution in [2.24, 2.45) is 0 Å². The van der Waals surface area contributed by atoms with Crippen LogP contribution in [0.1, 0.15) is 31.7 Å². The fourth-order valence-corrected chi connectivity index (χ4v) is 3.70. The predicted octanol–water partition coefficient (Wildman–Crippen LogP) is 6.69. The van der Waals surface area contributed by atoms with Crippen LogP contribution < -0.4 is 9.47 Å². The minimum atomic E-state index is -0.154. The van der Waals surface area contributed by atoms with Gasteiger partial charge in [-0.3, -0.25) is 0 Å². The number of para-hydroxylation sites is 4. The molecule has 1 heterocycles. The molecule has 0 aliphatic carbocycles. The highest BCUT2D eigenvalue weighted by Gasteiger charge is 2.17. The summed E-state index contributed by atoms with van der Waals surface area (Å²) in [5.41, 5.74) is 2.12. The molecule has 1 aromatic heterocycles. The topological polar surface area (TPSA) is 36.3 Å². The largest absolute Gasteiger partial charge is 0.492 e. The fraction of sp³-hybridized carbons (Fsp3) is 0.240. The minimum absolute atomic E-state index is 0.154. The number of hydrogen-bond acceptors (Lipinski definition) is 3. The zero-order chi connectivity index (χ0) is 20.8. The van der Waals surface area contributed by atoms with Crippen LogP contribution in [0, 0.1) is 0 Å². The summed E-state index contributed by atoms with van der Waals surface area (Å²) >= 11 is 6.15. The van der Waals surface area contributed by atoms with Crippen molar-refractivity contribution in [1.29, 1.82) is 0 Å². The first kappa shape index (κ1) is 20.3. The van der Waals surface area contributed by atoms with Crippen LogP contribution >= 0.6 is 11.6 Å². The number of rotatable bonds is 9. The number of fused-ring (bicyclic) bond motifs is 1. The van der Waals surface area contributed by atoms with Gasteiger partial charge >= 0.3 is 0 Å². The molecule has 0 aliphatic rings. The maximum Gasteiger partial charge on any atom is 0.153 e. The van der Waals surface area contributed by atoms with E-state index in [1.165, 1.54) is 0 Å². The Kier molecular flexibility index (Phi) is 6.55. The molecule has 0 amide bonds. The second-order valence-corrected chi connectivity index (χ2v) is 7.58. The lowest BCUT2D eigenvalue weighted by atomic mass is 10.2. The number of imidazole rings is 1. The lowest BCUT2D eigenvalue weighted by Crippen LogP contribution is -2.12. The molecule has 0 bridgehead atoms. The van der Waals surface area contributed by atoms with Gasteiger partial charge < -0.3 is 14.0 Å². The molecule has 5 heteroatoms. The first-order valence-electron chi connectivity index (χ1n) is 10.3. The Morgan fingerprint density at radius 3 is 2.47 bits per heavy atom. The summed E-state index contributed by atoms with van der Waals surface area (Å²) in [7, 11) is 0. The molecule has 0 saturated carbocycles. The van der Waals surface area contributed by atoms with Crippen molar-refractivity contribution in [3.8, 4) is 11.5 Å². The molecular formula is C25H25ClN2O2. The van der Waals surface area contributed by atoms with Crippen LogP contribution in [0.15, 0.2) is 78.9 Å². The number of aromatic nitrogens is 2. The van der Waals surface area contributed by atoms with Crippen molar-refractivity contribution in [2.45, 2.75) is 32.4 Å². The summed E-state index contributed by atoms with van der Waals surface area (Å²) in [4.78, 5) is 4.86. The van der Waals surface area contributed by atoms with Crippen molar-refractivity contribution in [2.75, 3.05) is 6.61 Å². The number of benzene rings is 3. The van der Waals surface area contributed by atoms with Crippen LogP contribution in [0.3, 0.4) is 0 Å². The molecular weight excluding hydrogens is 396 g/mol. The van der Waals surface area contributed by atoms with E-state index in [4.69, 9.17) is 26.1 Å². The molecule has 0 N–H and O–H groups in total. The molecule has 4 rings (SSSR count). The van der Waals surface area contributed by atoms with Gasteiger partial charge in [-0.15, -0.1) is 0 Å². The third kappa shape index (κ3) is 4.77. The van der Waals surface area contributed by atoms with Gasteiger partial charge in [0.25, 0.3) is 0 Å². The monoisotopic (exact) mass is 420 g/mol. The van der Waals surface area contributed by atoms with Crippen LogP contribution in [0.2, 0.25) is 5.02 Å². The van der Waals surface area contributed by atoms with Gasteiger partial charge in [0.15, 0.2) is 11.9 Å². The van der Waals surface area contributed by atoms with E-state index in [-0.39, 0.29) is 6.10 Å². The summed E-state index contributed by atoms with van der Waals surface area (Å²) in [6, 6.07) is 25.7. The third-order valence-corrected chi connectivity index (χ3v) is 5.29. The second-order valence-electron chi connectivity index (χ2n) is 7.17. The SMILES string of the molecule is CC(Oc1ccccc1)c1nc2ccccc2n1CCCCOc1ccccc1Cl. The van der Waals surface area contributed by atoms with Gasteiger partial charge in [0, 0.05) is 6.54 Å². The summed E-state index contributed by atoms with van der Waals surface area (Å²) < 4.78 is 14.2. The number of ether oxygens (including phenoxy) is 2. The average Bonchev–Trinajstić information content (AvgIpc) is 3.14. The number of hydrogen-bond donors (Lipinski definition) is 0. The molecule has 30 heavy (non-hydrogen) atoms. The van der Waals surface area contributed by atoms with Crippen LogP contribution in [-0.4, -0.2) is 16.2 Å². The highest BCUT2D eigenvalue weighted by molar-refractivity contribution is 6.32. The van der Waals surface area contributed by atoms with Crippen molar-refractivity contribution in [1.82, 2.24) is 9.55 Å². The molecule has 0 radical (unpaired) electrons. The molecule has 0 spiro atoms. The Balaban J connectivity index is 1.43. The van der Waals surface area contributed by atoms with E-state index in [9.17, 15) is 0 Å². The standard InChI is InChI=1S/C25H25ClN2O2/c1-19(30-20-11-3-2-4-12-20)25-27-22-14-6-7-15-23(22)28(25)17-9-10-18-29-24-16-8-5-13-21(24)26/h2-8,11-16,19H,9-10,17-18H2,1H3. The molecule has 1 unspecified atom stereocenters. The van der Waals surface area contributed by atoms with Crippen molar-refractivity contribution < 1.29 is 9.47 Å². The summed E-state index contributed by atoms with van der Waals surface area (Å²) in [5, 5.41) is 0.646. The van der Waals surface area contributed by atoms with Gasteiger partial charge in [-0.2, -0.15) is 0 Å². The third-order valence-electron chi connectivity index (χ3n) is 4.97. The van der Waals surface area contributed by atoms with Crippen LogP contribution in [-0.2, 0) is 6.54 Å². The number of halogens is 1. The normalized spacial score (nSPS) is 12.1. The molecule has 154 valence electrons. The van der Waals surface area contributed by atoms with Crippen molar-refractivity contribution in [3.05, 3.63) is 89.7 Å². The van der Waals surface area contributed by atoms with Gasteiger partial charge in [0.05, 0.1) is 22.7 Å². The maximum absolute atomic E-state index is 6.15. The Morgan fingerprint density at radius 1 is 0.900 bits per heavy atom. The first-order chi connectivity index (χ1) is 14.7. The lowest BCUT2D eigenvalue weighted by Gasteiger charge is -2.17. The molecule has 1 atom stereocenters. The number of nitrogens with zero attached hydrogens (tertiary/aromatic N) is 2. The van der Waals surface area contributed by atoms with E-state index in [2.05, 4.69) is 10.6 Å². The highest BCUT2D eigenvalue weighted by Crippen LogP contribution is 2.26. The molecule has 0 aliphatic heterocycles. The molecule has 3 aromatic carbocycles. The van der Waals surface area contributed by atoms with E-state index in [1.807, 2.05) is 79.7 Å². The summed E-state index contributed by atoms with van der Waals surface area (Å²) in [6.07, 6.45) is 1.74. The Hall–Kier alpha value is -2.98. The number of unbranched alkanes of at least 4 members (excludes halogenated alkanes) is 1. The minimum Gasteiger partial charge on any atom is -0.492 e. The van der Waals surface area contributed by atoms with Crippen LogP contribution in [0.4, 0.5) is 0 Å². The molecule has 0 saturated heterocycles. The van der Waals surface area contributed by atoms with Crippen molar-refractivity contribution >= 4 is 22.6 Å². The van der Waals surface area contributed by atoms with Crippen molar-refractivity contribution in [3.63, 3.8) is 0 Å². The van der Waals surface area contributed by atoms with E-state index in [0.717, 1.165) is 47.7 Å². The zero-order valence-corrected chi connectivity index (χ0v) is 17.8.